The van der Waals surface area contributed by atoms with Gasteiger partial charge in [-0.1, -0.05) is 65.4 Å². The van der Waals surface area contributed by atoms with E-state index >= 15 is 0 Å². The molecule has 0 spiro atoms. The third-order valence-corrected chi connectivity index (χ3v) is 4.56. The van der Waals surface area contributed by atoms with E-state index in [1.165, 1.54) is 9.79 Å². The minimum Gasteiger partial charge on any atom is -0.394 e. The number of hydrogen-bond donors (Lipinski definition) is 3. The highest BCUT2D eigenvalue weighted by atomic mass is 33.1. The van der Waals surface area contributed by atoms with Crippen molar-refractivity contribution in [1.82, 2.24) is 0 Å². The fourth-order valence-electron chi connectivity index (χ4n) is 1.11. The van der Waals surface area contributed by atoms with Crippen LogP contribution in [-0.4, -0.2) is 34.6 Å². The predicted octanol–water partition coefficient (Wildman–Crippen LogP) is 3.45. The van der Waals surface area contributed by atoms with Gasteiger partial charge in [-0.05, 0) is 24.3 Å². The molecule has 0 bridgehead atoms. The van der Waals surface area contributed by atoms with Gasteiger partial charge in [0.25, 0.3) is 0 Å². The number of aliphatic hydroxyl groups is 3. The van der Waals surface area contributed by atoms with Crippen LogP contribution in [0.25, 0.3) is 0 Å². The summed E-state index contributed by atoms with van der Waals surface area (Å²) in [5, 5.41) is 24.0. The molecule has 2 aromatic carbocycles. The molecule has 0 atom stereocenters. The first kappa shape index (κ1) is 20.0. The summed E-state index contributed by atoms with van der Waals surface area (Å²) in [5.74, 6) is 0. The van der Waals surface area contributed by atoms with Crippen LogP contribution < -0.4 is 0 Å². The van der Waals surface area contributed by atoms with E-state index in [0.717, 1.165) is 0 Å². The van der Waals surface area contributed by atoms with Crippen LogP contribution in [0.3, 0.4) is 0 Å². The fourth-order valence-corrected chi connectivity index (χ4v) is 3.08. The van der Waals surface area contributed by atoms with Gasteiger partial charge in [-0.3, -0.25) is 0 Å². The quantitative estimate of drug-likeness (QED) is 0.735. The van der Waals surface area contributed by atoms with Crippen LogP contribution in [0.5, 0.6) is 0 Å². The summed E-state index contributed by atoms with van der Waals surface area (Å²) in [5.41, 5.74) is 0. The first-order chi connectivity index (χ1) is 9.76. The average Bonchev–Trinajstić information content (AvgIpc) is 2.54. The SMILES string of the molecule is C.OCC(O)CO.c1ccc(SSc2ccccc2)cc1. The number of aliphatic hydroxyl groups excluding tert-OH is 3. The van der Waals surface area contributed by atoms with E-state index in [0.29, 0.717) is 0 Å². The molecular formula is C16H22O3S2. The molecule has 116 valence electrons. The molecule has 2 aromatic rings. The second kappa shape index (κ2) is 12.7. The molecule has 0 fully saturated rings. The second-order valence-electron chi connectivity index (χ2n) is 3.81. The average molecular weight is 326 g/mol. The van der Waals surface area contributed by atoms with E-state index in [4.69, 9.17) is 15.3 Å². The molecule has 5 heteroatoms. The summed E-state index contributed by atoms with van der Waals surface area (Å²) < 4.78 is 0. The van der Waals surface area contributed by atoms with Crippen molar-refractivity contribution >= 4 is 21.6 Å². The van der Waals surface area contributed by atoms with Gasteiger partial charge in [0.15, 0.2) is 0 Å². The van der Waals surface area contributed by atoms with Crippen molar-refractivity contribution in [3.63, 3.8) is 0 Å². The Balaban J connectivity index is 0.000000495. The first-order valence-electron chi connectivity index (χ1n) is 6.10. The number of hydrogen-bond acceptors (Lipinski definition) is 5. The zero-order chi connectivity index (χ0) is 14.6. The lowest BCUT2D eigenvalue weighted by atomic mass is 10.4. The third-order valence-electron chi connectivity index (χ3n) is 2.14. The molecule has 21 heavy (non-hydrogen) atoms. The maximum Gasteiger partial charge on any atom is 0.100 e. The van der Waals surface area contributed by atoms with E-state index < -0.39 is 6.10 Å². The van der Waals surface area contributed by atoms with Crippen LogP contribution in [0.2, 0.25) is 0 Å². The second-order valence-corrected chi connectivity index (χ2v) is 6.09. The summed E-state index contributed by atoms with van der Waals surface area (Å²) in [6.45, 7) is -0.729. The smallest absolute Gasteiger partial charge is 0.100 e. The number of benzene rings is 2. The molecule has 0 radical (unpaired) electrons. The maximum absolute atomic E-state index is 8.17. The van der Waals surface area contributed by atoms with Gasteiger partial charge in [0, 0.05) is 9.79 Å². The first-order valence-corrected chi connectivity index (χ1v) is 8.25. The normalized spacial score (nSPS) is 9.52. The molecule has 0 aliphatic heterocycles. The summed E-state index contributed by atoms with van der Waals surface area (Å²) in [7, 11) is 3.58. The standard InChI is InChI=1S/C12H10S2.C3H8O3.CH4/c1-3-7-11(8-4-1)13-14-12-9-5-2-6-10-12;4-1-3(6)2-5;/h1-10H;3-6H,1-2H2;1H4. The summed E-state index contributed by atoms with van der Waals surface area (Å²) in [6, 6.07) is 20.8. The van der Waals surface area contributed by atoms with E-state index in [-0.39, 0.29) is 20.6 Å². The predicted molar refractivity (Wildman–Crippen MR) is 91.5 cm³/mol. The van der Waals surface area contributed by atoms with Crippen molar-refractivity contribution in [2.75, 3.05) is 13.2 Å². The van der Waals surface area contributed by atoms with Gasteiger partial charge in [0.1, 0.15) is 6.10 Å². The van der Waals surface area contributed by atoms with Crippen LogP contribution in [0.1, 0.15) is 7.43 Å². The van der Waals surface area contributed by atoms with Gasteiger partial charge < -0.3 is 15.3 Å². The Morgan fingerprint density at radius 2 is 1.05 bits per heavy atom. The van der Waals surface area contributed by atoms with Crippen molar-refractivity contribution in [1.29, 1.82) is 0 Å². The van der Waals surface area contributed by atoms with E-state index in [1.807, 2.05) is 12.1 Å². The van der Waals surface area contributed by atoms with E-state index in [9.17, 15) is 0 Å². The van der Waals surface area contributed by atoms with Gasteiger partial charge in [-0.2, -0.15) is 0 Å². The van der Waals surface area contributed by atoms with Gasteiger partial charge in [-0.25, -0.2) is 0 Å². The Morgan fingerprint density at radius 1 is 0.714 bits per heavy atom. The van der Waals surface area contributed by atoms with Crippen molar-refractivity contribution in [3.8, 4) is 0 Å². The van der Waals surface area contributed by atoms with Crippen LogP contribution >= 0.6 is 21.6 Å². The Labute approximate surface area is 134 Å². The molecule has 3 nitrogen and oxygen atoms in total. The zero-order valence-corrected chi connectivity index (χ0v) is 12.6. The Kier molecular flexibility index (Phi) is 12.1. The summed E-state index contributed by atoms with van der Waals surface area (Å²) in [4.78, 5) is 2.59. The lowest BCUT2D eigenvalue weighted by Crippen LogP contribution is -2.15. The van der Waals surface area contributed by atoms with Crippen molar-refractivity contribution in [2.24, 2.45) is 0 Å². The highest BCUT2D eigenvalue weighted by molar-refractivity contribution is 8.76. The molecule has 0 aliphatic rings. The molecule has 0 saturated carbocycles. The van der Waals surface area contributed by atoms with Crippen LogP contribution in [0.15, 0.2) is 70.5 Å². The van der Waals surface area contributed by atoms with Gasteiger partial charge in [-0.15, -0.1) is 0 Å². The molecule has 0 aliphatic carbocycles. The van der Waals surface area contributed by atoms with E-state index in [2.05, 4.69) is 48.5 Å². The van der Waals surface area contributed by atoms with Crippen LogP contribution in [0.4, 0.5) is 0 Å². The molecule has 0 aromatic heterocycles. The van der Waals surface area contributed by atoms with E-state index in [1.54, 1.807) is 21.6 Å². The molecule has 3 N–H and O–H groups in total. The topological polar surface area (TPSA) is 60.7 Å². The number of rotatable bonds is 5. The van der Waals surface area contributed by atoms with Crippen molar-refractivity contribution in [2.45, 2.75) is 23.3 Å². The minimum absolute atomic E-state index is 0. The van der Waals surface area contributed by atoms with Crippen LogP contribution in [0, 0.1) is 0 Å². The molecule has 0 saturated heterocycles. The summed E-state index contributed by atoms with van der Waals surface area (Å²) >= 11 is 0. The Hall–Kier alpha value is -0.980. The van der Waals surface area contributed by atoms with Crippen molar-refractivity contribution in [3.05, 3.63) is 60.7 Å². The minimum atomic E-state index is -0.954. The molecule has 0 heterocycles. The maximum atomic E-state index is 8.17. The summed E-state index contributed by atoms with van der Waals surface area (Å²) in [6.07, 6.45) is -0.954. The molecule has 0 unspecified atom stereocenters. The third kappa shape index (κ3) is 9.55. The zero-order valence-electron chi connectivity index (χ0n) is 10.9. The lowest BCUT2D eigenvalue weighted by Gasteiger charge is -1.99. The molecule has 2 rings (SSSR count). The molecule has 0 amide bonds. The monoisotopic (exact) mass is 326 g/mol. The largest absolute Gasteiger partial charge is 0.394 e. The molecular weight excluding hydrogens is 304 g/mol. The van der Waals surface area contributed by atoms with Crippen molar-refractivity contribution < 1.29 is 15.3 Å². The van der Waals surface area contributed by atoms with Gasteiger partial charge >= 0.3 is 0 Å². The Morgan fingerprint density at radius 3 is 1.29 bits per heavy atom. The van der Waals surface area contributed by atoms with Gasteiger partial charge in [0.05, 0.1) is 13.2 Å². The highest BCUT2D eigenvalue weighted by Gasteiger charge is 1.95. The fraction of sp³-hybridized carbons (Fsp3) is 0.250. The lowest BCUT2D eigenvalue weighted by molar-refractivity contribution is 0.0450. The Bertz CT molecular complexity index is 408. The van der Waals surface area contributed by atoms with Gasteiger partial charge in [0.2, 0.25) is 0 Å². The van der Waals surface area contributed by atoms with Crippen LogP contribution in [-0.2, 0) is 0 Å². The highest BCUT2D eigenvalue weighted by Crippen LogP contribution is 2.36.